The molecule has 1 fully saturated rings. The van der Waals surface area contributed by atoms with Crippen LogP contribution in [0, 0.1) is 0 Å². The Hall–Kier alpha value is -1.54. The van der Waals surface area contributed by atoms with Gasteiger partial charge in [-0.15, -0.1) is 0 Å². The molecule has 1 aliphatic carbocycles. The van der Waals surface area contributed by atoms with Crippen LogP contribution in [0.3, 0.4) is 0 Å². The maximum absolute atomic E-state index is 9.57. The van der Waals surface area contributed by atoms with E-state index in [0.29, 0.717) is 10.0 Å². The number of rotatable bonds is 6. The van der Waals surface area contributed by atoms with Gasteiger partial charge in [0.05, 0.1) is 29.3 Å². The monoisotopic (exact) mass is 486 g/mol. The molecule has 0 unspecified atom stereocenters. The highest BCUT2D eigenvalue weighted by Gasteiger charge is 2.46. The van der Waals surface area contributed by atoms with Crippen LogP contribution in [0.2, 0.25) is 15.1 Å². The second-order valence-electron chi connectivity index (χ2n) is 7.62. The zero-order valence-corrected chi connectivity index (χ0v) is 19.2. The van der Waals surface area contributed by atoms with Gasteiger partial charge >= 0.3 is 5.97 Å². The maximum Gasteiger partial charge on any atom is 0.305 e. The Labute approximate surface area is 196 Å². The summed E-state index contributed by atoms with van der Waals surface area (Å²) in [7, 11) is 0. The van der Waals surface area contributed by atoms with Gasteiger partial charge < -0.3 is 15.7 Å². The van der Waals surface area contributed by atoms with E-state index in [9.17, 15) is 4.79 Å². The highest BCUT2D eigenvalue weighted by Crippen LogP contribution is 2.52. The lowest BCUT2D eigenvalue weighted by Gasteiger charge is -2.24. The van der Waals surface area contributed by atoms with E-state index < -0.39 is 5.97 Å². The quantitative estimate of drug-likeness (QED) is 0.323. The average Bonchev–Trinajstić information content (AvgIpc) is 3.53. The van der Waals surface area contributed by atoms with Gasteiger partial charge in [-0.1, -0.05) is 46.9 Å². The lowest BCUT2D eigenvalue weighted by atomic mass is 9.98. The molecule has 0 radical (unpaired) electrons. The van der Waals surface area contributed by atoms with Crippen LogP contribution < -0.4 is 10.6 Å². The molecule has 0 bridgehead atoms. The summed E-state index contributed by atoms with van der Waals surface area (Å²) in [5.74, 6) is -0.978. The van der Waals surface area contributed by atoms with Gasteiger partial charge in [0, 0.05) is 10.0 Å². The molecule has 6 nitrogen and oxygen atoms in total. The fourth-order valence-electron chi connectivity index (χ4n) is 3.72. The van der Waals surface area contributed by atoms with E-state index in [2.05, 4.69) is 21.6 Å². The summed E-state index contributed by atoms with van der Waals surface area (Å²) in [5.41, 5.74) is 4.77. The van der Waals surface area contributed by atoms with Gasteiger partial charge in [-0.2, -0.15) is 0 Å². The smallest absolute Gasteiger partial charge is 0.305 e. The fourth-order valence-corrected chi connectivity index (χ4v) is 4.53. The van der Waals surface area contributed by atoms with Gasteiger partial charge in [-0.3, -0.25) is 10.1 Å². The van der Waals surface area contributed by atoms with Gasteiger partial charge in [0.25, 0.3) is 0 Å². The van der Waals surface area contributed by atoms with Crippen molar-refractivity contribution >= 4 is 46.5 Å². The predicted molar refractivity (Wildman–Crippen MR) is 124 cm³/mol. The van der Waals surface area contributed by atoms with Crippen LogP contribution in [0.1, 0.15) is 36.0 Å². The van der Waals surface area contributed by atoms with E-state index in [1.807, 2.05) is 24.3 Å². The summed E-state index contributed by atoms with van der Waals surface area (Å²) in [6.07, 6.45) is 3.97. The number of carboxylic acid groups (broad SMARTS) is 1. The largest absolute Gasteiger partial charge is 0.481 e. The minimum atomic E-state index is -0.978. The highest BCUT2D eigenvalue weighted by atomic mass is 35.5. The molecule has 31 heavy (non-hydrogen) atoms. The summed E-state index contributed by atoms with van der Waals surface area (Å²) in [4.78, 5) is 13.0. The number of carbonyl (C=O) groups is 1. The zero-order chi connectivity index (χ0) is 22.4. The standard InChI is InChI=1S/C19H19Cl3N2.C3H6O4/c20-13-2-3-15(17(22)11-13)19(7-8-19)24-18-14-6-10-23-9-5-12(14)1-4-16(18)21;4-3(5)1-2-7-6/h1-4,11,23-24H,5-10H2;6H,1-2H2,(H,4,5). The number of aliphatic carboxylic acids is 1. The van der Waals surface area contributed by atoms with Crippen molar-refractivity contribution < 1.29 is 20.0 Å². The number of hydrogen-bond donors (Lipinski definition) is 4. The molecule has 0 spiro atoms. The van der Waals surface area contributed by atoms with Crippen molar-refractivity contribution in [3.63, 3.8) is 0 Å². The van der Waals surface area contributed by atoms with Crippen molar-refractivity contribution in [2.45, 2.75) is 37.6 Å². The summed E-state index contributed by atoms with van der Waals surface area (Å²) in [6, 6.07) is 9.92. The van der Waals surface area contributed by atoms with Gasteiger partial charge in [0.1, 0.15) is 0 Å². The first-order valence-electron chi connectivity index (χ1n) is 10.1. The van der Waals surface area contributed by atoms with Crippen molar-refractivity contribution in [1.29, 1.82) is 0 Å². The number of fused-ring (bicyclic) bond motifs is 1. The Bertz CT molecular complexity index is 935. The summed E-state index contributed by atoms with van der Waals surface area (Å²) in [6.45, 7) is 1.86. The SMILES string of the molecule is Clc1ccc(C2(Nc3c(Cl)ccc4c3CCNCC4)CC2)c(Cl)c1.O=C(O)CCOO. The van der Waals surface area contributed by atoms with Gasteiger partial charge in [0.15, 0.2) is 0 Å². The molecule has 0 amide bonds. The lowest BCUT2D eigenvalue weighted by molar-refractivity contribution is -0.243. The molecule has 1 saturated carbocycles. The minimum Gasteiger partial charge on any atom is -0.481 e. The summed E-state index contributed by atoms with van der Waals surface area (Å²) in [5, 5.41) is 24.8. The van der Waals surface area contributed by atoms with Crippen LogP contribution in [0.4, 0.5) is 5.69 Å². The van der Waals surface area contributed by atoms with E-state index in [4.69, 9.17) is 45.2 Å². The number of hydrogen-bond acceptors (Lipinski definition) is 5. The Morgan fingerprint density at radius 3 is 2.45 bits per heavy atom. The third-order valence-corrected chi connectivity index (χ3v) is 6.31. The van der Waals surface area contributed by atoms with Crippen LogP contribution in [-0.4, -0.2) is 36.0 Å². The third-order valence-electron chi connectivity index (χ3n) is 5.45. The summed E-state index contributed by atoms with van der Waals surface area (Å²) >= 11 is 19.1. The molecule has 2 aliphatic rings. The second-order valence-corrected chi connectivity index (χ2v) is 8.87. The molecule has 0 saturated heterocycles. The molecule has 4 N–H and O–H groups in total. The Morgan fingerprint density at radius 2 is 1.84 bits per heavy atom. The van der Waals surface area contributed by atoms with Crippen LogP contribution in [0.15, 0.2) is 30.3 Å². The number of anilines is 1. The van der Waals surface area contributed by atoms with Gasteiger partial charge in [-0.25, -0.2) is 4.89 Å². The molecule has 4 rings (SSSR count). The molecule has 0 atom stereocenters. The molecule has 0 aromatic heterocycles. The molecule has 2 aromatic carbocycles. The first-order chi connectivity index (χ1) is 14.9. The van der Waals surface area contributed by atoms with Crippen molar-refractivity contribution in [3.8, 4) is 0 Å². The number of halogens is 3. The van der Waals surface area contributed by atoms with E-state index >= 15 is 0 Å². The minimum absolute atomic E-state index is 0.125. The molecular weight excluding hydrogens is 463 g/mol. The molecule has 2 aromatic rings. The Kier molecular flexibility index (Phi) is 8.44. The van der Waals surface area contributed by atoms with Crippen LogP contribution in [0.5, 0.6) is 0 Å². The van der Waals surface area contributed by atoms with Crippen LogP contribution >= 0.6 is 34.8 Å². The van der Waals surface area contributed by atoms with Gasteiger partial charge in [-0.05, 0) is 73.7 Å². The Morgan fingerprint density at radius 1 is 1.10 bits per heavy atom. The van der Waals surface area contributed by atoms with Gasteiger partial charge in [0.2, 0.25) is 0 Å². The molecule has 1 heterocycles. The number of nitrogens with one attached hydrogen (secondary N) is 2. The average molecular weight is 488 g/mol. The molecule has 1 aliphatic heterocycles. The van der Waals surface area contributed by atoms with E-state index in [1.165, 1.54) is 11.1 Å². The first-order valence-corrected chi connectivity index (χ1v) is 11.2. The fraction of sp³-hybridized carbons (Fsp3) is 0.409. The topological polar surface area (TPSA) is 90.8 Å². The number of benzene rings is 2. The highest BCUT2D eigenvalue weighted by molar-refractivity contribution is 6.35. The predicted octanol–water partition coefficient (Wildman–Crippen LogP) is 5.39. The first kappa shape index (κ1) is 24.1. The van der Waals surface area contributed by atoms with Crippen molar-refractivity contribution in [2.24, 2.45) is 0 Å². The van der Waals surface area contributed by atoms with E-state index in [-0.39, 0.29) is 18.6 Å². The zero-order valence-electron chi connectivity index (χ0n) is 16.9. The molecular formula is C22H25Cl3N2O4. The molecule has 168 valence electrons. The maximum atomic E-state index is 9.57. The number of carboxylic acids is 1. The van der Waals surface area contributed by atoms with E-state index in [0.717, 1.165) is 55.0 Å². The van der Waals surface area contributed by atoms with Crippen molar-refractivity contribution in [1.82, 2.24) is 5.32 Å². The van der Waals surface area contributed by atoms with Crippen molar-refractivity contribution in [3.05, 3.63) is 62.1 Å². The third kappa shape index (κ3) is 6.25. The van der Waals surface area contributed by atoms with Crippen molar-refractivity contribution in [2.75, 3.05) is 25.0 Å². The molecule has 9 heteroatoms. The van der Waals surface area contributed by atoms with Crippen LogP contribution in [-0.2, 0) is 28.1 Å². The summed E-state index contributed by atoms with van der Waals surface area (Å²) < 4.78 is 0. The normalized spacial score (nSPS) is 16.4. The van der Waals surface area contributed by atoms with E-state index in [1.54, 1.807) is 0 Å². The lowest BCUT2D eigenvalue weighted by Crippen LogP contribution is -2.21. The Balaban J connectivity index is 0.000000339. The second kappa shape index (κ2) is 10.9. The van der Waals surface area contributed by atoms with Crippen LogP contribution in [0.25, 0.3) is 0 Å².